The molecule has 2 rings (SSSR count). The Morgan fingerprint density at radius 1 is 1.17 bits per heavy atom. The van der Waals surface area contributed by atoms with Gasteiger partial charge in [0.15, 0.2) is 6.61 Å². The van der Waals surface area contributed by atoms with Crippen molar-refractivity contribution in [3.63, 3.8) is 0 Å². The number of nitrogens with zero attached hydrogens (tertiary/aromatic N) is 1. The number of aryl methyl sites for hydroxylation is 1. The molecule has 2 N–H and O–H groups in total. The molecule has 1 heterocycles. The summed E-state index contributed by atoms with van der Waals surface area (Å²) < 4.78 is 10.1. The van der Waals surface area contributed by atoms with Crippen molar-refractivity contribution in [3.8, 4) is 0 Å². The van der Waals surface area contributed by atoms with Gasteiger partial charge in [-0.25, -0.2) is 9.59 Å². The minimum atomic E-state index is -0.841. The van der Waals surface area contributed by atoms with E-state index in [1.165, 1.54) is 24.3 Å². The molecule has 0 saturated heterocycles. The van der Waals surface area contributed by atoms with E-state index in [9.17, 15) is 24.5 Å². The molecule has 1 amide bonds. The lowest BCUT2D eigenvalue weighted by atomic mass is 10.1. The van der Waals surface area contributed by atoms with Gasteiger partial charge in [-0.3, -0.25) is 14.9 Å². The van der Waals surface area contributed by atoms with Crippen molar-refractivity contribution in [2.45, 2.75) is 33.8 Å². The summed E-state index contributed by atoms with van der Waals surface area (Å²) in [5.74, 6) is -2.15. The van der Waals surface area contributed by atoms with Crippen molar-refractivity contribution in [2.24, 2.45) is 0 Å². The Kier molecular flexibility index (Phi) is 6.71. The molecule has 0 atom stereocenters. The Morgan fingerprint density at radius 2 is 1.83 bits per heavy atom. The summed E-state index contributed by atoms with van der Waals surface area (Å²) in [6, 6.07) is 5.59. The third-order valence-electron chi connectivity index (χ3n) is 3.90. The largest absolute Gasteiger partial charge is 0.459 e. The Labute approximate surface area is 166 Å². The first-order chi connectivity index (χ1) is 13.6. The van der Waals surface area contributed by atoms with Crippen LogP contribution < -0.4 is 5.32 Å². The molecule has 0 unspecified atom stereocenters. The van der Waals surface area contributed by atoms with Gasteiger partial charge in [-0.05, 0) is 39.3 Å². The molecule has 10 nitrogen and oxygen atoms in total. The summed E-state index contributed by atoms with van der Waals surface area (Å²) in [6.45, 7) is 5.93. The Bertz CT molecular complexity index is 963. The summed E-state index contributed by atoms with van der Waals surface area (Å²) in [5.41, 5.74) is 0.744. The molecule has 0 aliphatic rings. The van der Waals surface area contributed by atoms with Crippen LogP contribution in [0.3, 0.4) is 0 Å². The van der Waals surface area contributed by atoms with Gasteiger partial charge >= 0.3 is 11.9 Å². The van der Waals surface area contributed by atoms with Crippen molar-refractivity contribution < 1.29 is 28.8 Å². The average molecular weight is 403 g/mol. The molecule has 2 aromatic rings. The summed E-state index contributed by atoms with van der Waals surface area (Å²) in [5, 5.41) is 13.3. The zero-order valence-corrected chi connectivity index (χ0v) is 16.4. The van der Waals surface area contributed by atoms with Crippen molar-refractivity contribution in [1.29, 1.82) is 0 Å². The van der Waals surface area contributed by atoms with Crippen LogP contribution >= 0.6 is 0 Å². The van der Waals surface area contributed by atoms with Gasteiger partial charge in [-0.2, -0.15) is 0 Å². The van der Waals surface area contributed by atoms with E-state index in [0.29, 0.717) is 11.3 Å². The van der Waals surface area contributed by atoms with Gasteiger partial charge in [-0.1, -0.05) is 12.1 Å². The lowest BCUT2D eigenvalue weighted by Crippen LogP contribution is -2.22. The SMILES string of the molecule is Cc1[nH]c(C(=O)OCC(=O)Nc2ccccc2[N+](=O)[O-])c(C)c1C(=O)OC(C)C. The smallest absolute Gasteiger partial charge is 0.355 e. The second-order valence-corrected chi connectivity index (χ2v) is 6.48. The van der Waals surface area contributed by atoms with Gasteiger partial charge in [0.05, 0.1) is 16.6 Å². The number of nitro benzene ring substituents is 1. The number of benzene rings is 1. The number of para-hydroxylation sites is 2. The fourth-order valence-corrected chi connectivity index (χ4v) is 2.66. The maximum Gasteiger partial charge on any atom is 0.355 e. The van der Waals surface area contributed by atoms with Crippen LogP contribution in [0.4, 0.5) is 11.4 Å². The van der Waals surface area contributed by atoms with Gasteiger partial charge in [0.2, 0.25) is 0 Å². The van der Waals surface area contributed by atoms with Gasteiger partial charge in [0.1, 0.15) is 11.4 Å². The standard InChI is InChI=1S/C19H21N3O7/c1-10(2)29-18(24)16-11(3)17(20-12(16)4)19(25)28-9-15(23)21-13-7-5-6-8-14(13)22(26)27/h5-8,10,20H,9H2,1-4H3,(H,21,23). The first kappa shape index (κ1) is 21.6. The fourth-order valence-electron chi connectivity index (χ4n) is 2.66. The number of aromatic nitrogens is 1. The van der Waals surface area contributed by atoms with Crippen LogP contribution in [0.5, 0.6) is 0 Å². The Morgan fingerprint density at radius 3 is 2.45 bits per heavy atom. The molecule has 0 fully saturated rings. The number of carbonyl (C=O) groups is 3. The summed E-state index contributed by atoms with van der Waals surface area (Å²) in [7, 11) is 0. The van der Waals surface area contributed by atoms with Crippen molar-refractivity contribution in [3.05, 3.63) is 56.9 Å². The second kappa shape index (κ2) is 9.00. The molecule has 0 aliphatic carbocycles. The van der Waals surface area contributed by atoms with Gasteiger partial charge in [0.25, 0.3) is 11.6 Å². The number of nitrogens with one attached hydrogen (secondary N) is 2. The number of hydrogen-bond donors (Lipinski definition) is 2. The van der Waals surface area contributed by atoms with Gasteiger partial charge in [0, 0.05) is 11.8 Å². The van der Waals surface area contributed by atoms with Crippen LogP contribution in [0, 0.1) is 24.0 Å². The van der Waals surface area contributed by atoms with E-state index in [1.54, 1.807) is 27.7 Å². The summed E-state index contributed by atoms with van der Waals surface area (Å²) >= 11 is 0. The van der Waals surface area contributed by atoms with Gasteiger partial charge < -0.3 is 19.8 Å². The zero-order valence-electron chi connectivity index (χ0n) is 16.4. The Hall–Kier alpha value is -3.69. The molecular weight excluding hydrogens is 382 g/mol. The topological polar surface area (TPSA) is 141 Å². The van der Waals surface area contributed by atoms with Crippen molar-refractivity contribution >= 4 is 29.2 Å². The van der Waals surface area contributed by atoms with E-state index in [-0.39, 0.29) is 28.7 Å². The maximum atomic E-state index is 12.3. The van der Waals surface area contributed by atoms with E-state index < -0.39 is 29.4 Å². The lowest BCUT2D eigenvalue weighted by molar-refractivity contribution is -0.383. The second-order valence-electron chi connectivity index (χ2n) is 6.48. The molecular formula is C19H21N3O7. The highest BCUT2D eigenvalue weighted by Gasteiger charge is 2.25. The monoisotopic (exact) mass is 403 g/mol. The normalized spacial score (nSPS) is 10.5. The molecule has 0 bridgehead atoms. The average Bonchev–Trinajstić information content (AvgIpc) is 2.93. The number of ether oxygens (including phenoxy) is 2. The number of rotatable bonds is 7. The molecule has 0 saturated carbocycles. The molecule has 0 radical (unpaired) electrons. The predicted octanol–water partition coefficient (Wildman–Crippen LogP) is 2.90. The number of H-pyrrole nitrogens is 1. The number of nitro groups is 1. The van der Waals surface area contributed by atoms with Crippen LogP contribution in [-0.4, -0.2) is 40.5 Å². The number of amides is 1. The minimum Gasteiger partial charge on any atom is -0.459 e. The predicted molar refractivity (Wildman–Crippen MR) is 103 cm³/mol. The molecule has 1 aromatic carbocycles. The van der Waals surface area contributed by atoms with Crippen molar-refractivity contribution in [2.75, 3.05) is 11.9 Å². The highest BCUT2D eigenvalue weighted by Crippen LogP contribution is 2.23. The fraction of sp³-hybridized carbons (Fsp3) is 0.316. The third kappa shape index (κ3) is 5.18. The third-order valence-corrected chi connectivity index (χ3v) is 3.90. The number of aromatic amines is 1. The Balaban J connectivity index is 2.05. The quantitative estimate of drug-likeness (QED) is 0.411. The van der Waals surface area contributed by atoms with Crippen LogP contribution in [0.2, 0.25) is 0 Å². The minimum absolute atomic E-state index is 0.0100. The summed E-state index contributed by atoms with van der Waals surface area (Å²) in [6.07, 6.45) is -0.322. The molecule has 0 spiro atoms. The highest BCUT2D eigenvalue weighted by molar-refractivity contribution is 6.00. The van der Waals surface area contributed by atoms with E-state index in [2.05, 4.69) is 10.3 Å². The van der Waals surface area contributed by atoms with Crippen LogP contribution in [0.25, 0.3) is 0 Å². The molecule has 10 heteroatoms. The zero-order chi connectivity index (χ0) is 21.7. The van der Waals surface area contributed by atoms with Crippen LogP contribution in [0.15, 0.2) is 24.3 Å². The number of carbonyl (C=O) groups excluding carboxylic acids is 3. The first-order valence-corrected chi connectivity index (χ1v) is 8.72. The van der Waals surface area contributed by atoms with Crippen LogP contribution in [-0.2, 0) is 14.3 Å². The van der Waals surface area contributed by atoms with Crippen LogP contribution in [0.1, 0.15) is 46.0 Å². The molecule has 154 valence electrons. The van der Waals surface area contributed by atoms with E-state index >= 15 is 0 Å². The number of anilines is 1. The number of esters is 2. The first-order valence-electron chi connectivity index (χ1n) is 8.72. The van der Waals surface area contributed by atoms with Crippen molar-refractivity contribution in [1.82, 2.24) is 4.98 Å². The van der Waals surface area contributed by atoms with Gasteiger partial charge in [-0.15, -0.1) is 0 Å². The van der Waals surface area contributed by atoms with E-state index in [4.69, 9.17) is 9.47 Å². The molecule has 29 heavy (non-hydrogen) atoms. The molecule has 0 aliphatic heterocycles. The summed E-state index contributed by atoms with van der Waals surface area (Å²) in [4.78, 5) is 49.6. The highest BCUT2D eigenvalue weighted by atomic mass is 16.6. The lowest BCUT2D eigenvalue weighted by Gasteiger charge is -2.08. The van der Waals surface area contributed by atoms with E-state index in [1.807, 2.05) is 0 Å². The molecule has 1 aromatic heterocycles. The van der Waals surface area contributed by atoms with E-state index in [0.717, 1.165) is 0 Å². The maximum absolute atomic E-state index is 12.3. The number of hydrogen-bond acceptors (Lipinski definition) is 7.